The molecule has 3 rings (SSSR count). The van der Waals surface area contributed by atoms with E-state index in [9.17, 15) is 4.79 Å². The molecule has 5 heteroatoms. The van der Waals surface area contributed by atoms with Crippen LogP contribution in [0.1, 0.15) is 12.5 Å². The van der Waals surface area contributed by atoms with Crippen LogP contribution in [0, 0.1) is 0 Å². The highest BCUT2D eigenvalue weighted by molar-refractivity contribution is 7.14. The largest absolute Gasteiger partial charge is 0.494 e. The quantitative estimate of drug-likeness (QED) is 0.646. The molecule has 0 saturated carbocycles. The molecule has 0 saturated heterocycles. The molecule has 0 spiro atoms. The van der Waals surface area contributed by atoms with E-state index in [1.54, 1.807) is 6.08 Å². The Kier molecular flexibility index (Phi) is 5.59. The molecule has 1 N–H and O–H groups in total. The third-order valence-corrected chi connectivity index (χ3v) is 4.18. The first-order valence-electron chi connectivity index (χ1n) is 7.97. The number of benzene rings is 2. The zero-order valence-corrected chi connectivity index (χ0v) is 14.6. The van der Waals surface area contributed by atoms with Crippen molar-refractivity contribution in [3.05, 3.63) is 71.6 Å². The van der Waals surface area contributed by atoms with Gasteiger partial charge in [0.1, 0.15) is 5.75 Å². The minimum atomic E-state index is -0.198. The standard InChI is InChI=1S/C20H18N2O2S/c1-2-24-17-11-9-16(10-12-17)18-14-25-20(21-18)22-19(23)13-8-15-6-4-3-5-7-15/h3-14H,2H2,1H3,(H,21,22,23). The maximum absolute atomic E-state index is 12.0. The Balaban J connectivity index is 1.63. The predicted molar refractivity (Wildman–Crippen MR) is 103 cm³/mol. The van der Waals surface area contributed by atoms with Crippen molar-refractivity contribution in [1.82, 2.24) is 4.98 Å². The minimum Gasteiger partial charge on any atom is -0.494 e. The fourth-order valence-corrected chi connectivity index (χ4v) is 2.96. The van der Waals surface area contributed by atoms with Crippen LogP contribution in [0.4, 0.5) is 5.13 Å². The van der Waals surface area contributed by atoms with Crippen molar-refractivity contribution in [2.45, 2.75) is 6.92 Å². The topological polar surface area (TPSA) is 51.2 Å². The summed E-state index contributed by atoms with van der Waals surface area (Å²) >= 11 is 1.40. The van der Waals surface area contributed by atoms with Gasteiger partial charge in [0, 0.05) is 17.0 Å². The second kappa shape index (κ2) is 8.26. The number of hydrogen-bond acceptors (Lipinski definition) is 4. The molecule has 3 aromatic rings. The highest BCUT2D eigenvalue weighted by atomic mass is 32.1. The highest BCUT2D eigenvalue weighted by Crippen LogP contribution is 2.26. The molecule has 0 atom stereocenters. The van der Waals surface area contributed by atoms with Crippen molar-refractivity contribution < 1.29 is 9.53 Å². The van der Waals surface area contributed by atoms with Gasteiger partial charge in [-0.3, -0.25) is 10.1 Å². The van der Waals surface area contributed by atoms with Gasteiger partial charge in [0.2, 0.25) is 5.91 Å². The Hall–Kier alpha value is -2.92. The van der Waals surface area contributed by atoms with Crippen LogP contribution in [0.3, 0.4) is 0 Å². The first kappa shape index (κ1) is 16.9. The zero-order valence-electron chi connectivity index (χ0n) is 13.8. The lowest BCUT2D eigenvalue weighted by atomic mass is 10.2. The third-order valence-electron chi connectivity index (χ3n) is 3.42. The molecule has 0 bridgehead atoms. The molecule has 0 aliphatic heterocycles. The van der Waals surface area contributed by atoms with E-state index in [0.717, 1.165) is 22.6 Å². The van der Waals surface area contributed by atoms with Crippen LogP contribution in [0.2, 0.25) is 0 Å². The van der Waals surface area contributed by atoms with Crippen molar-refractivity contribution in [2.75, 3.05) is 11.9 Å². The molecule has 0 unspecified atom stereocenters. The van der Waals surface area contributed by atoms with Crippen LogP contribution < -0.4 is 10.1 Å². The highest BCUT2D eigenvalue weighted by Gasteiger charge is 2.06. The van der Waals surface area contributed by atoms with E-state index in [2.05, 4.69) is 10.3 Å². The van der Waals surface area contributed by atoms with E-state index >= 15 is 0 Å². The number of ether oxygens (including phenoxy) is 1. The van der Waals surface area contributed by atoms with Crippen LogP contribution in [0.5, 0.6) is 5.75 Å². The van der Waals surface area contributed by atoms with E-state index < -0.39 is 0 Å². The fourth-order valence-electron chi connectivity index (χ4n) is 2.24. The molecule has 1 aromatic heterocycles. The van der Waals surface area contributed by atoms with Gasteiger partial charge in [-0.15, -0.1) is 11.3 Å². The molecule has 2 aromatic carbocycles. The Morgan fingerprint density at radius 2 is 1.92 bits per heavy atom. The lowest BCUT2D eigenvalue weighted by molar-refractivity contribution is -0.111. The number of carbonyl (C=O) groups excluding carboxylic acids is 1. The van der Waals surface area contributed by atoms with Gasteiger partial charge in [-0.05, 0) is 42.8 Å². The van der Waals surface area contributed by atoms with Gasteiger partial charge in [-0.25, -0.2) is 4.98 Å². The molecule has 0 aliphatic carbocycles. The number of hydrogen-bond donors (Lipinski definition) is 1. The molecule has 0 radical (unpaired) electrons. The van der Waals surface area contributed by atoms with Gasteiger partial charge in [0.15, 0.2) is 5.13 Å². The number of nitrogens with zero attached hydrogens (tertiary/aromatic N) is 1. The number of rotatable bonds is 6. The summed E-state index contributed by atoms with van der Waals surface area (Å²) in [6, 6.07) is 17.4. The molecule has 4 nitrogen and oxygen atoms in total. The van der Waals surface area contributed by atoms with Crippen LogP contribution in [0.25, 0.3) is 17.3 Å². The first-order chi connectivity index (χ1) is 12.2. The summed E-state index contributed by atoms with van der Waals surface area (Å²) in [5.74, 6) is 0.637. The molecular formula is C20H18N2O2S. The number of amides is 1. The van der Waals surface area contributed by atoms with Gasteiger partial charge in [0.05, 0.1) is 12.3 Å². The number of thiazole rings is 1. The van der Waals surface area contributed by atoms with Crippen molar-refractivity contribution in [2.24, 2.45) is 0 Å². The second-order valence-electron chi connectivity index (χ2n) is 5.23. The molecule has 0 fully saturated rings. The number of carbonyl (C=O) groups is 1. The normalized spacial score (nSPS) is 10.8. The van der Waals surface area contributed by atoms with E-state index in [0.29, 0.717) is 11.7 Å². The Bertz CT molecular complexity index is 855. The zero-order chi connectivity index (χ0) is 17.5. The number of aromatic nitrogens is 1. The van der Waals surface area contributed by atoms with Gasteiger partial charge < -0.3 is 4.74 Å². The van der Waals surface area contributed by atoms with E-state index in [1.807, 2.05) is 66.9 Å². The van der Waals surface area contributed by atoms with Crippen LogP contribution in [-0.4, -0.2) is 17.5 Å². The van der Waals surface area contributed by atoms with Crippen molar-refractivity contribution >= 4 is 28.5 Å². The van der Waals surface area contributed by atoms with Crippen molar-refractivity contribution in [3.63, 3.8) is 0 Å². The summed E-state index contributed by atoms with van der Waals surface area (Å²) in [6.45, 7) is 2.60. The summed E-state index contributed by atoms with van der Waals surface area (Å²) in [6.07, 6.45) is 3.28. The fraction of sp³-hybridized carbons (Fsp3) is 0.100. The van der Waals surface area contributed by atoms with Crippen LogP contribution >= 0.6 is 11.3 Å². The van der Waals surface area contributed by atoms with E-state index in [1.165, 1.54) is 17.4 Å². The summed E-state index contributed by atoms with van der Waals surface area (Å²) in [7, 11) is 0. The van der Waals surface area contributed by atoms with E-state index in [4.69, 9.17) is 4.74 Å². The SMILES string of the molecule is CCOc1ccc(-c2csc(NC(=O)C=Cc3ccccc3)n2)cc1. The van der Waals surface area contributed by atoms with Crippen molar-refractivity contribution in [1.29, 1.82) is 0 Å². The molecular weight excluding hydrogens is 332 g/mol. The average Bonchev–Trinajstić information content (AvgIpc) is 3.10. The predicted octanol–water partition coefficient (Wildman–Crippen LogP) is 4.86. The summed E-state index contributed by atoms with van der Waals surface area (Å²) in [5, 5.41) is 5.29. The molecule has 1 amide bonds. The summed E-state index contributed by atoms with van der Waals surface area (Å²) in [4.78, 5) is 16.5. The molecule has 126 valence electrons. The van der Waals surface area contributed by atoms with Crippen molar-refractivity contribution in [3.8, 4) is 17.0 Å². The van der Waals surface area contributed by atoms with Gasteiger partial charge in [-0.1, -0.05) is 30.3 Å². The van der Waals surface area contributed by atoms with Gasteiger partial charge >= 0.3 is 0 Å². The Labute approximate surface area is 150 Å². The maximum atomic E-state index is 12.0. The maximum Gasteiger partial charge on any atom is 0.250 e. The summed E-state index contributed by atoms with van der Waals surface area (Å²) < 4.78 is 5.44. The molecule has 1 heterocycles. The third kappa shape index (κ3) is 4.78. The number of nitrogens with one attached hydrogen (secondary N) is 1. The lowest BCUT2D eigenvalue weighted by Crippen LogP contribution is -2.07. The Morgan fingerprint density at radius 3 is 2.64 bits per heavy atom. The van der Waals surface area contributed by atoms with Crippen LogP contribution in [0.15, 0.2) is 66.1 Å². The lowest BCUT2D eigenvalue weighted by Gasteiger charge is -2.03. The number of anilines is 1. The smallest absolute Gasteiger partial charge is 0.250 e. The van der Waals surface area contributed by atoms with E-state index in [-0.39, 0.29) is 5.91 Å². The van der Waals surface area contributed by atoms with Gasteiger partial charge in [-0.2, -0.15) is 0 Å². The summed E-state index contributed by atoms with van der Waals surface area (Å²) in [5.41, 5.74) is 2.79. The van der Waals surface area contributed by atoms with Crippen LogP contribution in [-0.2, 0) is 4.79 Å². The second-order valence-corrected chi connectivity index (χ2v) is 6.09. The molecule has 25 heavy (non-hydrogen) atoms. The Morgan fingerprint density at radius 1 is 1.16 bits per heavy atom. The van der Waals surface area contributed by atoms with Gasteiger partial charge in [0.25, 0.3) is 0 Å². The molecule has 0 aliphatic rings. The average molecular weight is 350 g/mol. The monoisotopic (exact) mass is 350 g/mol. The first-order valence-corrected chi connectivity index (χ1v) is 8.85. The minimum absolute atomic E-state index is 0.198.